The third-order valence-corrected chi connectivity index (χ3v) is 3.76. The molecule has 0 bridgehead atoms. The first-order chi connectivity index (χ1) is 11.4. The third-order valence-electron chi connectivity index (χ3n) is 3.45. The fourth-order valence-electron chi connectivity index (χ4n) is 2.03. The van der Waals surface area contributed by atoms with Crippen molar-refractivity contribution in [1.29, 1.82) is 0 Å². The normalized spacial score (nSPS) is 11.7. The van der Waals surface area contributed by atoms with Crippen molar-refractivity contribution in [3.63, 3.8) is 0 Å². The second-order valence-electron chi connectivity index (χ2n) is 5.18. The van der Waals surface area contributed by atoms with Gasteiger partial charge in [-0.25, -0.2) is 9.18 Å². The molecule has 126 valence electrons. The lowest BCUT2D eigenvalue weighted by atomic mass is 10.1. The third kappa shape index (κ3) is 4.32. The highest BCUT2D eigenvalue weighted by molar-refractivity contribution is 6.33. The van der Waals surface area contributed by atoms with Gasteiger partial charge in [0.05, 0.1) is 5.02 Å². The van der Waals surface area contributed by atoms with Crippen LogP contribution in [0.15, 0.2) is 42.5 Å². The lowest BCUT2D eigenvalue weighted by molar-refractivity contribution is -0.123. The largest absolute Gasteiger partial charge is 0.449 e. The zero-order chi connectivity index (χ0) is 17.7. The highest BCUT2D eigenvalue weighted by atomic mass is 35.5. The van der Waals surface area contributed by atoms with Gasteiger partial charge in [0, 0.05) is 5.69 Å². The van der Waals surface area contributed by atoms with E-state index in [0.717, 1.165) is 18.1 Å². The van der Waals surface area contributed by atoms with E-state index in [-0.39, 0.29) is 10.6 Å². The molecule has 6 heteroatoms. The summed E-state index contributed by atoms with van der Waals surface area (Å²) >= 11 is 5.80. The highest BCUT2D eigenvalue weighted by Gasteiger charge is 2.23. The number of hydrogen-bond donors (Lipinski definition) is 1. The van der Waals surface area contributed by atoms with Crippen LogP contribution in [0.4, 0.5) is 10.1 Å². The molecule has 1 amide bonds. The first-order valence-corrected chi connectivity index (χ1v) is 7.85. The molecule has 0 heterocycles. The summed E-state index contributed by atoms with van der Waals surface area (Å²) in [5.74, 6) is -2.29. The summed E-state index contributed by atoms with van der Waals surface area (Å²) in [5.41, 5.74) is 1.34. The Bertz CT molecular complexity index is 726. The van der Waals surface area contributed by atoms with Crippen molar-refractivity contribution >= 4 is 29.2 Å². The Balaban J connectivity index is 2.01. The van der Waals surface area contributed by atoms with Crippen LogP contribution in [-0.4, -0.2) is 18.0 Å². The van der Waals surface area contributed by atoms with Crippen molar-refractivity contribution in [2.45, 2.75) is 26.4 Å². The smallest absolute Gasteiger partial charge is 0.343 e. The van der Waals surface area contributed by atoms with Crippen molar-refractivity contribution < 1.29 is 18.7 Å². The number of benzene rings is 2. The van der Waals surface area contributed by atoms with Gasteiger partial charge in [0.2, 0.25) is 0 Å². The van der Waals surface area contributed by atoms with Crippen molar-refractivity contribution in [2.24, 2.45) is 0 Å². The molecule has 2 rings (SSSR count). The number of aryl methyl sites for hydroxylation is 1. The van der Waals surface area contributed by atoms with E-state index in [1.807, 2.05) is 19.1 Å². The van der Waals surface area contributed by atoms with Gasteiger partial charge in [0.1, 0.15) is 11.4 Å². The molecule has 0 aliphatic carbocycles. The molecule has 0 saturated heterocycles. The molecule has 24 heavy (non-hydrogen) atoms. The minimum Gasteiger partial charge on any atom is -0.449 e. The van der Waals surface area contributed by atoms with Crippen molar-refractivity contribution in [2.75, 3.05) is 5.32 Å². The van der Waals surface area contributed by atoms with Crippen LogP contribution < -0.4 is 5.32 Å². The molecular weight excluding hydrogens is 333 g/mol. The van der Waals surface area contributed by atoms with Crippen molar-refractivity contribution in [3.8, 4) is 0 Å². The van der Waals surface area contributed by atoms with E-state index in [1.165, 1.54) is 19.1 Å². The summed E-state index contributed by atoms with van der Waals surface area (Å²) in [6.07, 6.45) is -0.204. The molecule has 0 spiro atoms. The van der Waals surface area contributed by atoms with Crippen molar-refractivity contribution in [1.82, 2.24) is 0 Å². The molecule has 1 N–H and O–H groups in total. The summed E-state index contributed by atoms with van der Waals surface area (Å²) in [6.45, 7) is 3.44. The van der Waals surface area contributed by atoms with E-state index in [4.69, 9.17) is 16.3 Å². The number of esters is 1. The minimum atomic E-state index is -1.10. The second-order valence-corrected chi connectivity index (χ2v) is 5.59. The summed E-state index contributed by atoms with van der Waals surface area (Å²) < 4.78 is 18.7. The quantitative estimate of drug-likeness (QED) is 0.822. The Morgan fingerprint density at radius 3 is 2.46 bits per heavy atom. The van der Waals surface area contributed by atoms with E-state index >= 15 is 0 Å². The Morgan fingerprint density at radius 2 is 1.88 bits per heavy atom. The molecule has 0 saturated carbocycles. The van der Waals surface area contributed by atoms with E-state index < -0.39 is 23.8 Å². The molecule has 0 aromatic heterocycles. The number of halogens is 2. The topological polar surface area (TPSA) is 55.4 Å². The fraction of sp³-hybridized carbons (Fsp3) is 0.222. The number of amides is 1. The van der Waals surface area contributed by atoms with Gasteiger partial charge in [-0.05, 0) is 43.2 Å². The van der Waals surface area contributed by atoms with Crippen LogP contribution in [0.25, 0.3) is 0 Å². The van der Waals surface area contributed by atoms with Gasteiger partial charge < -0.3 is 10.1 Å². The lowest BCUT2D eigenvalue weighted by Crippen LogP contribution is -2.30. The molecule has 0 unspecified atom stereocenters. The number of carbonyl (C=O) groups excluding carboxylic acids is 2. The molecule has 2 aromatic rings. The maximum Gasteiger partial charge on any atom is 0.343 e. The Hall–Kier alpha value is -2.40. The zero-order valence-corrected chi connectivity index (χ0v) is 14.1. The number of rotatable bonds is 5. The van der Waals surface area contributed by atoms with Crippen LogP contribution in [0.2, 0.25) is 5.02 Å². The molecule has 0 aliphatic heterocycles. The van der Waals surface area contributed by atoms with Crippen LogP contribution in [-0.2, 0) is 16.0 Å². The monoisotopic (exact) mass is 349 g/mol. The maximum atomic E-state index is 13.7. The predicted octanol–water partition coefficient (Wildman–Crippen LogP) is 4.23. The summed E-state index contributed by atoms with van der Waals surface area (Å²) in [7, 11) is 0. The zero-order valence-electron chi connectivity index (χ0n) is 13.3. The average molecular weight is 350 g/mol. The van der Waals surface area contributed by atoms with Gasteiger partial charge in [0.15, 0.2) is 6.10 Å². The van der Waals surface area contributed by atoms with E-state index in [9.17, 15) is 14.0 Å². The number of nitrogens with one attached hydrogen (secondary N) is 1. The Kier molecular flexibility index (Phi) is 5.93. The SMILES string of the molecule is CCc1ccc(NC(=O)[C@@H](C)OC(=O)c2c(F)cccc2Cl)cc1. The van der Waals surface area contributed by atoms with Crippen LogP contribution >= 0.6 is 11.6 Å². The summed E-state index contributed by atoms with van der Waals surface area (Å²) in [5, 5.41) is 2.57. The first kappa shape index (κ1) is 17.9. The Labute approximate surface area is 144 Å². The molecule has 4 nitrogen and oxygen atoms in total. The molecule has 1 atom stereocenters. The van der Waals surface area contributed by atoms with Crippen molar-refractivity contribution in [3.05, 3.63) is 64.4 Å². The summed E-state index contributed by atoms with van der Waals surface area (Å²) in [4.78, 5) is 24.1. The van der Waals surface area contributed by atoms with Gasteiger partial charge >= 0.3 is 5.97 Å². The van der Waals surface area contributed by atoms with Gasteiger partial charge in [-0.3, -0.25) is 4.79 Å². The van der Waals surface area contributed by atoms with Crippen LogP contribution in [0, 0.1) is 5.82 Å². The number of anilines is 1. The summed E-state index contributed by atoms with van der Waals surface area (Å²) in [6, 6.07) is 11.2. The van der Waals surface area contributed by atoms with Gasteiger partial charge in [-0.15, -0.1) is 0 Å². The van der Waals surface area contributed by atoms with Gasteiger partial charge in [-0.2, -0.15) is 0 Å². The van der Waals surface area contributed by atoms with Crippen LogP contribution in [0.1, 0.15) is 29.8 Å². The number of ether oxygens (including phenoxy) is 1. The maximum absolute atomic E-state index is 13.7. The fourth-order valence-corrected chi connectivity index (χ4v) is 2.27. The van der Waals surface area contributed by atoms with Crippen LogP contribution in [0.5, 0.6) is 0 Å². The molecule has 0 aliphatic rings. The molecular formula is C18H17ClFNO3. The predicted molar refractivity (Wildman–Crippen MR) is 90.7 cm³/mol. The molecule has 0 fully saturated rings. The van der Waals surface area contributed by atoms with Crippen LogP contribution in [0.3, 0.4) is 0 Å². The lowest BCUT2D eigenvalue weighted by Gasteiger charge is -2.14. The van der Waals surface area contributed by atoms with Gasteiger partial charge in [-0.1, -0.05) is 36.7 Å². The van der Waals surface area contributed by atoms with E-state index in [2.05, 4.69) is 5.32 Å². The van der Waals surface area contributed by atoms with E-state index in [1.54, 1.807) is 12.1 Å². The highest BCUT2D eigenvalue weighted by Crippen LogP contribution is 2.20. The average Bonchev–Trinajstić information content (AvgIpc) is 2.55. The van der Waals surface area contributed by atoms with Gasteiger partial charge in [0.25, 0.3) is 5.91 Å². The molecule has 0 radical (unpaired) electrons. The first-order valence-electron chi connectivity index (χ1n) is 7.47. The number of carbonyl (C=O) groups is 2. The second kappa shape index (κ2) is 7.93. The standard InChI is InChI=1S/C18H17ClFNO3/c1-3-12-7-9-13(10-8-12)21-17(22)11(2)24-18(23)16-14(19)5-4-6-15(16)20/h4-11H,3H2,1-2H3,(H,21,22)/t11-/m1/s1. The Morgan fingerprint density at radius 1 is 1.21 bits per heavy atom. The minimum absolute atomic E-state index is 0.0669. The molecule has 2 aromatic carbocycles. The van der Waals surface area contributed by atoms with E-state index in [0.29, 0.717) is 5.69 Å². The number of hydrogen-bond acceptors (Lipinski definition) is 3.